The average molecular weight is 407 g/mol. The van der Waals surface area contributed by atoms with Crippen molar-refractivity contribution in [2.75, 3.05) is 6.61 Å². The molecule has 2 aromatic carbocycles. The van der Waals surface area contributed by atoms with Crippen LogP contribution in [0.2, 0.25) is 0 Å². The van der Waals surface area contributed by atoms with Crippen molar-refractivity contribution >= 4 is 11.0 Å². The summed E-state index contributed by atoms with van der Waals surface area (Å²) in [6.07, 6.45) is 2.93. The number of hydrogen-bond donors (Lipinski definition) is 0. The first-order valence-electron chi connectivity index (χ1n) is 11.2. The van der Waals surface area contributed by atoms with Gasteiger partial charge in [-0.25, -0.2) is 0 Å². The van der Waals surface area contributed by atoms with Crippen LogP contribution >= 0.6 is 0 Å². The summed E-state index contributed by atoms with van der Waals surface area (Å²) in [5, 5.41) is 1.18. The standard InChI is InChI=1S/C28H38O2/c1-11-20-17(3)13-21(25(18(20)4)29-12-2)23-16-30-26-22(23)14-19(27(5,6)7)15-24(26)28(8,9)10/h13-16H,11-12H2,1-10H3. The maximum absolute atomic E-state index is 6.24. The van der Waals surface area contributed by atoms with Gasteiger partial charge in [0.25, 0.3) is 0 Å². The van der Waals surface area contributed by atoms with Gasteiger partial charge in [-0.15, -0.1) is 0 Å². The van der Waals surface area contributed by atoms with E-state index in [0.717, 1.165) is 28.9 Å². The van der Waals surface area contributed by atoms with Gasteiger partial charge in [0.15, 0.2) is 0 Å². The van der Waals surface area contributed by atoms with Gasteiger partial charge >= 0.3 is 0 Å². The first-order chi connectivity index (χ1) is 13.9. The molecule has 0 radical (unpaired) electrons. The molecular formula is C28H38O2. The lowest BCUT2D eigenvalue weighted by Crippen LogP contribution is -2.16. The number of hydrogen-bond acceptors (Lipinski definition) is 2. The smallest absolute Gasteiger partial charge is 0.138 e. The van der Waals surface area contributed by atoms with Gasteiger partial charge in [-0.05, 0) is 72.4 Å². The van der Waals surface area contributed by atoms with E-state index in [1.54, 1.807) is 0 Å². The molecule has 162 valence electrons. The van der Waals surface area contributed by atoms with Gasteiger partial charge in [-0.3, -0.25) is 0 Å². The van der Waals surface area contributed by atoms with Crippen molar-refractivity contribution < 1.29 is 9.15 Å². The molecule has 0 bridgehead atoms. The fourth-order valence-corrected chi connectivity index (χ4v) is 4.41. The Kier molecular flexibility index (Phi) is 5.84. The van der Waals surface area contributed by atoms with Gasteiger partial charge in [0, 0.05) is 22.1 Å². The molecule has 3 rings (SSSR count). The molecule has 1 aromatic heterocycles. The second kappa shape index (κ2) is 7.80. The van der Waals surface area contributed by atoms with E-state index in [9.17, 15) is 0 Å². The van der Waals surface area contributed by atoms with Crippen LogP contribution in [0.1, 0.15) is 83.2 Å². The van der Waals surface area contributed by atoms with Crippen molar-refractivity contribution in [1.29, 1.82) is 0 Å². The van der Waals surface area contributed by atoms with E-state index >= 15 is 0 Å². The zero-order chi connectivity index (χ0) is 22.4. The highest BCUT2D eigenvalue weighted by atomic mass is 16.5. The number of ether oxygens (including phenoxy) is 1. The summed E-state index contributed by atoms with van der Waals surface area (Å²) in [4.78, 5) is 0. The van der Waals surface area contributed by atoms with E-state index in [-0.39, 0.29) is 10.8 Å². The quantitative estimate of drug-likeness (QED) is 0.435. The van der Waals surface area contributed by atoms with Crippen LogP contribution in [0.5, 0.6) is 5.75 Å². The van der Waals surface area contributed by atoms with Crippen LogP contribution in [-0.2, 0) is 17.3 Å². The SMILES string of the molecule is CCOc1c(-c2coc3c(C(C)(C)C)cc(C(C)(C)C)cc23)cc(C)c(CC)c1C. The molecule has 0 N–H and O–H groups in total. The van der Waals surface area contributed by atoms with Gasteiger partial charge in [0.1, 0.15) is 11.3 Å². The Hall–Kier alpha value is -2.22. The van der Waals surface area contributed by atoms with Crippen LogP contribution in [0.15, 0.2) is 28.9 Å². The van der Waals surface area contributed by atoms with Crippen LogP contribution in [0.4, 0.5) is 0 Å². The molecule has 0 aliphatic carbocycles. The zero-order valence-electron chi connectivity index (χ0n) is 20.5. The van der Waals surface area contributed by atoms with Crippen molar-refractivity contribution in [2.45, 2.75) is 86.5 Å². The number of rotatable bonds is 4. The van der Waals surface area contributed by atoms with Gasteiger partial charge in [-0.2, -0.15) is 0 Å². The summed E-state index contributed by atoms with van der Waals surface area (Å²) in [6, 6.07) is 6.93. The minimum atomic E-state index is -0.00468. The largest absolute Gasteiger partial charge is 0.493 e. The molecule has 0 fully saturated rings. The third-order valence-corrected chi connectivity index (χ3v) is 6.15. The molecule has 2 heteroatoms. The van der Waals surface area contributed by atoms with Gasteiger partial charge < -0.3 is 9.15 Å². The first-order valence-corrected chi connectivity index (χ1v) is 11.2. The molecule has 0 amide bonds. The number of furan rings is 1. The summed E-state index contributed by atoms with van der Waals surface area (Å²) in [5.41, 5.74) is 9.82. The van der Waals surface area contributed by atoms with E-state index in [1.807, 2.05) is 6.26 Å². The molecule has 30 heavy (non-hydrogen) atoms. The van der Waals surface area contributed by atoms with Crippen LogP contribution in [-0.4, -0.2) is 6.61 Å². The Morgan fingerprint density at radius 2 is 1.53 bits per heavy atom. The highest BCUT2D eigenvalue weighted by molar-refractivity contribution is 5.98. The van der Waals surface area contributed by atoms with E-state index in [0.29, 0.717) is 6.61 Å². The fraction of sp³-hybridized carbons (Fsp3) is 0.500. The third-order valence-electron chi connectivity index (χ3n) is 6.15. The monoisotopic (exact) mass is 406 g/mol. The second-order valence-electron chi connectivity index (χ2n) is 10.5. The topological polar surface area (TPSA) is 22.4 Å². The Labute approximate surface area is 182 Å². The van der Waals surface area contributed by atoms with E-state index < -0.39 is 0 Å². The van der Waals surface area contributed by atoms with Gasteiger partial charge in [0.05, 0.1) is 12.9 Å². The molecule has 0 aliphatic rings. The lowest BCUT2D eigenvalue weighted by molar-refractivity contribution is 0.339. The fourth-order valence-electron chi connectivity index (χ4n) is 4.41. The summed E-state index contributed by atoms with van der Waals surface area (Å²) in [5.74, 6) is 0.987. The third kappa shape index (κ3) is 3.89. The van der Waals surface area contributed by atoms with E-state index in [4.69, 9.17) is 9.15 Å². The van der Waals surface area contributed by atoms with Crippen molar-refractivity contribution in [1.82, 2.24) is 0 Å². The minimum Gasteiger partial charge on any atom is -0.493 e. The number of fused-ring (bicyclic) bond motifs is 1. The molecule has 0 saturated carbocycles. The highest BCUT2D eigenvalue weighted by Gasteiger charge is 2.26. The lowest BCUT2D eigenvalue weighted by Gasteiger charge is -2.25. The Morgan fingerprint density at radius 3 is 2.07 bits per heavy atom. The minimum absolute atomic E-state index is 0.00468. The maximum atomic E-state index is 6.24. The van der Waals surface area contributed by atoms with Crippen molar-refractivity contribution in [3.8, 4) is 16.9 Å². The molecule has 3 aromatic rings. The van der Waals surface area contributed by atoms with Crippen LogP contribution in [0.25, 0.3) is 22.1 Å². The molecule has 1 heterocycles. The van der Waals surface area contributed by atoms with E-state index in [2.05, 4.69) is 87.4 Å². The van der Waals surface area contributed by atoms with Gasteiger partial charge in [-0.1, -0.05) is 54.5 Å². The van der Waals surface area contributed by atoms with Gasteiger partial charge in [0.2, 0.25) is 0 Å². The van der Waals surface area contributed by atoms with Crippen LogP contribution < -0.4 is 4.74 Å². The molecular weight excluding hydrogens is 368 g/mol. The Morgan fingerprint density at radius 1 is 0.867 bits per heavy atom. The van der Waals surface area contributed by atoms with Crippen LogP contribution in [0.3, 0.4) is 0 Å². The summed E-state index contributed by atoms with van der Waals surface area (Å²) < 4.78 is 12.4. The molecule has 0 spiro atoms. The highest BCUT2D eigenvalue weighted by Crippen LogP contribution is 2.44. The van der Waals surface area contributed by atoms with Crippen molar-refractivity contribution in [2.24, 2.45) is 0 Å². The molecule has 2 nitrogen and oxygen atoms in total. The summed E-state index contributed by atoms with van der Waals surface area (Å²) in [7, 11) is 0. The normalized spacial score (nSPS) is 12.6. The summed E-state index contributed by atoms with van der Waals surface area (Å²) in [6.45, 7) is 22.9. The van der Waals surface area contributed by atoms with Crippen molar-refractivity contribution in [3.63, 3.8) is 0 Å². The second-order valence-corrected chi connectivity index (χ2v) is 10.5. The average Bonchev–Trinajstić information content (AvgIpc) is 3.05. The molecule has 0 unspecified atom stereocenters. The van der Waals surface area contributed by atoms with Crippen LogP contribution in [0, 0.1) is 13.8 Å². The van der Waals surface area contributed by atoms with Crippen molar-refractivity contribution in [3.05, 3.63) is 52.3 Å². The Bertz CT molecular complexity index is 1070. The Balaban J connectivity index is 2.41. The first kappa shape index (κ1) is 22.5. The number of aryl methyl sites for hydroxylation is 1. The maximum Gasteiger partial charge on any atom is 0.138 e. The van der Waals surface area contributed by atoms with E-state index in [1.165, 1.54) is 33.2 Å². The predicted molar refractivity (Wildman–Crippen MR) is 129 cm³/mol. The number of benzene rings is 2. The predicted octanol–water partition coefficient (Wildman–Crippen LogP) is 8.27. The summed E-state index contributed by atoms with van der Waals surface area (Å²) >= 11 is 0. The molecule has 0 saturated heterocycles. The lowest BCUT2D eigenvalue weighted by atomic mass is 9.79. The molecule has 0 atom stereocenters. The molecule has 0 aliphatic heterocycles. The zero-order valence-corrected chi connectivity index (χ0v) is 20.5.